The van der Waals surface area contributed by atoms with Crippen LogP contribution in [0.2, 0.25) is 0 Å². The number of carboxylic acids is 1. The van der Waals surface area contributed by atoms with E-state index in [1.165, 1.54) is 6.07 Å². The number of rotatable bonds is 3. The SMILES string of the molecule is O=C(Nc1ccc(C(=O)O)s1)c1cccc(Br)c1. The van der Waals surface area contributed by atoms with Gasteiger partial charge in [0.1, 0.15) is 4.88 Å². The van der Waals surface area contributed by atoms with E-state index in [2.05, 4.69) is 21.2 Å². The summed E-state index contributed by atoms with van der Waals surface area (Å²) >= 11 is 4.31. The second-order valence-corrected chi connectivity index (χ2v) is 5.43. The Balaban J connectivity index is 2.13. The van der Waals surface area contributed by atoms with Crippen molar-refractivity contribution in [2.75, 3.05) is 5.32 Å². The van der Waals surface area contributed by atoms with Crippen molar-refractivity contribution in [1.82, 2.24) is 0 Å². The number of nitrogens with one attached hydrogen (secondary N) is 1. The standard InChI is InChI=1S/C12H8BrNO3S/c13-8-3-1-2-7(6-8)11(15)14-10-5-4-9(18-10)12(16)17/h1-6H,(H,14,15)(H,16,17). The predicted octanol–water partition coefficient (Wildman–Crippen LogP) is 3.46. The smallest absolute Gasteiger partial charge is 0.345 e. The van der Waals surface area contributed by atoms with Gasteiger partial charge in [0.25, 0.3) is 5.91 Å². The fourth-order valence-electron chi connectivity index (χ4n) is 1.33. The molecule has 0 radical (unpaired) electrons. The number of carbonyl (C=O) groups is 2. The first kappa shape index (κ1) is 12.8. The number of aromatic carboxylic acids is 1. The third-order valence-electron chi connectivity index (χ3n) is 2.14. The highest BCUT2D eigenvalue weighted by Crippen LogP contribution is 2.22. The lowest BCUT2D eigenvalue weighted by Crippen LogP contribution is -2.10. The van der Waals surface area contributed by atoms with Crippen LogP contribution in [-0.2, 0) is 0 Å². The average molecular weight is 326 g/mol. The number of amides is 1. The number of carboxylic acid groups (broad SMARTS) is 1. The number of halogens is 1. The summed E-state index contributed by atoms with van der Waals surface area (Å²) in [7, 11) is 0. The van der Waals surface area contributed by atoms with Crippen LogP contribution in [0.3, 0.4) is 0 Å². The monoisotopic (exact) mass is 325 g/mol. The van der Waals surface area contributed by atoms with Crippen LogP contribution in [0, 0.1) is 0 Å². The van der Waals surface area contributed by atoms with E-state index in [1.54, 1.807) is 24.3 Å². The van der Waals surface area contributed by atoms with E-state index in [9.17, 15) is 9.59 Å². The highest BCUT2D eigenvalue weighted by Gasteiger charge is 2.10. The van der Waals surface area contributed by atoms with E-state index in [4.69, 9.17) is 5.11 Å². The molecule has 2 aromatic rings. The van der Waals surface area contributed by atoms with Crippen molar-refractivity contribution in [3.63, 3.8) is 0 Å². The Kier molecular flexibility index (Phi) is 3.78. The van der Waals surface area contributed by atoms with Crippen LogP contribution >= 0.6 is 27.3 Å². The normalized spacial score (nSPS) is 10.1. The van der Waals surface area contributed by atoms with E-state index < -0.39 is 5.97 Å². The number of thiophene rings is 1. The van der Waals surface area contributed by atoms with Gasteiger partial charge >= 0.3 is 5.97 Å². The van der Waals surface area contributed by atoms with Crippen LogP contribution < -0.4 is 5.32 Å². The molecule has 4 nitrogen and oxygen atoms in total. The van der Waals surface area contributed by atoms with Gasteiger partial charge in [-0.15, -0.1) is 11.3 Å². The summed E-state index contributed by atoms with van der Waals surface area (Å²) < 4.78 is 0.813. The first-order valence-corrected chi connectivity index (χ1v) is 6.57. The fourth-order valence-corrected chi connectivity index (χ4v) is 2.47. The van der Waals surface area contributed by atoms with Crippen molar-refractivity contribution in [2.24, 2.45) is 0 Å². The molecule has 0 bridgehead atoms. The van der Waals surface area contributed by atoms with Gasteiger partial charge in [-0.25, -0.2) is 4.79 Å². The zero-order valence-electron chi connectivity index (χ0n) is 9.01. The lowest BCUT2D eigenvalue weighted by molar-refractivity contribution is 0.0702. The molecule has 1 heterocycles. The molecule has 0 spiro atoms. The minimum atomic E-state index is -0.997. The molecule has 0 aliphatic heterocycles. The Morgan fingerprint density at radius 1 is 1.22 bits per heavy atom. The van der Waals surface area contributed by atoms with E-state index in [1.807, 2.05) is 6.07 Å². The Labute approximate surface area is 115 Å². The van der Waals surface area contributed by atoms with Gasteiger partial charge < -0.3 is 10.4 Å². The molecule has 92 valence electrons. The number of anilines is 1. The number of benzene rings is 1. The highest BCUT2D eigenvalue weighted by atomic mass is 79.9. The minimum Gasteiger partial charge on any atom is -0.477 e. The zero-order valence-corrected chi connectivity index (χ0v) is 11.4. The van der Waals surface area contributed by atoms with Crippen LogP contribution in [0.25, 0.3) is 0 Å². The topological polar surface area (TPSA) is 66.4 Å². The summed E-state index contributed by atoms with van der Waals surface area (Å²) in [6.07, 6.45) is 0. The second-order valence-electron chi connectivity index (χ2n) is 3.43. The lowest BCUT2D eigenvalue weighted by Gasteiger charge is -2.02. The van der Waals surface area contributed by atoms with Crippen LogP contribution in [0.4, 0.5) is 5.00 Å². The lowest BCUT2D eigenvalue weighted by atomic mass is 10.2. The summed E-state index contributed by atoms with van der Waals surface area (Å²) in [5.41, 5.74) is 0.509. The first-order valence-electron chi connectivity index (χ1n) is 4.96. The summed E-state index contributed by atoms with van der Waals surface area (Å²) in [6.45, 7) is 0. The molecule has 0 fully saturated rings. The third kappa shape index (κ3) is 2.96. The number of hydrogen-bond donors (Lipinski definition) is 2. The molecule has 0 unspecified atom stereocenters. The number of hydrogen-bond acceptors (Lipinski definition) is 3. The molecule has 0 saturated carbocycles. The Bertz CT molecular complexity index is 609. The first-order chi connectivity index (χ1) is 8.56. The molecule has 0 atom stereocenters. The van der Waals surface area contributed by atoms with Gasteiger partial charge in [0.05, 0.1) is 5.00 Å². The average Bonchev–Trinajstić information content (AvgIpc) is 2.77. The van der Waals surface area contributed by atoms with Gasteiger partial charge in [-0.1, -0.05) is 22.0 Å². The van der Waals surface area contributed by atoms with Crippen molar-refractivity contribution in [2.45, 2.75) is 0 Å². The maximum Gasteiger partial charge on any atom is 0.345 e. The van der Waals surface area contributed by atoms with Crippen LogP contribution in [0.15, 0.2) is 40.9 Å². The molecule has 1 aromatic carbocycles. The molecule has 0 aliphatic rings. The van der Waals surface area contributed by atoms with E-state index in [0.717, 1.165) is 15.8 Å². The van der Waals surface area contributed by atoms with Gasteiger partial charge in [0.15, 0.2) is 0 Å². The van der Waals surface area contributed by atoms with Gasteiger partial charge in [0.2, 0.25) is 0 Å². The Hall–Kier alpha value is -1.66. The fraction of sp³-hybridized carbons (Fsp3) is 0. The van der Waals surface area contributed by atoms with Crippen LogP contribution in [0.1, 0.15) is 20.0 Å². The van der Waals surface area contributed by atoms with Gasteiger partial charge in [-0.05, 0) is 30.3 Å². The molecular formula is C12H8BrNO3S. The minimum absolute atomic E-state index is 0.194. The Morgan fingerprint density at radius 2 is 2.00 bits per heavy atom. The molecule has 1 amide bonds. The highest BCUT2D eigenvalue weighted by molar-refractivity contribution is 9.10. The molecule has 2 N–H and O–H groups in total. The summed E-state index contributed by atoms with van der Waals surface area (Å²) in [6, 6.07) is 10.0. The Morgan fingerprint density at radius 3 is 2.61 bits per heavy atom. The zero-order chi connectivity index (χ0) is 13.1. The molecule has 6 heteroatoms. The van der Waals surface area contributed by atoms with E-state index in [-0.39, 0.29) is 10.8 Å². The van der Waals surface area contributed by atoms with E-state index >= 15 is 0 Å². The third-order valence-corrected chi connectivity index (χ3v) is 3.62. The van der Waals surface area contributed by atoms with Gasteiger partial charge in [-0.2, -0.15) is 0 Å². The van der Waals surface area contributed by atoms with Crippen molar-refractivity contribution >= 4 is 44.1 Å². The number of carbonyl (C=O) groups excluding carboxylic acids is 1. The van der Waals surface area contributed by atoms with Crippen LogP contribution in [0.5, 0.6) is 0 Å². The molecule has 0 saturated heterocycles. The molecule has 1 aromatic heterocycles. The van der Waals surface area contributed by atoms with Crippen molar-refractivity contribution in [3.05, 3.63) is 51.3 Å². The van der Waals surface area contributed by atoms with Gasteiger partial charge in [-0.3, -0.25) is 4.79 Å². The maximum absolute atomic E-state index is 11.9. The summed E-state index contributed by atoms with van der Waals surface area (Å²) in [5.74, 6) is -1.27. The molecule has 0 aliphatic carbocycles. The second kappa shape index (κ2) is 5.32. The summed E-state index contributed by atoms with van der Waals surface area (Å²) in [5, 5.41) is 11.9. The predicted molar refractivity (Wildman–Crippen MR) is 73.4 cm³/mol. The molecular weight excluding hydrogens is 318 g/mol. The van der Waals surface area contributed by atoms with Gasteiger partial charge in [0, 0.05) is 10.0 Å². The van der Waals surface area contributed by atoms with Crippen LogP contribution in [-0.4, -0.2) is 17.0 Å². The van der Waals surface area contributed by atoms with Crippen molar-refractivity contribution in [3.8, 4) is 0 Å². The molecule has 18 heavy (non-hydrogen) atoms. The van der Waals surface area contributed by atoms with Crippen molar-refractivity contribution < 1.29 is 14.7 Å². The molecule has 2 rings (SSSR count). The van der Waals surface area contributed by atoms with E-state index in [0.29, 0.717) is 10.6 Å². The summed E-state index contributed by atoms with van der Waals surface area (Å²) in [4.78, 5) is 22.8. The maximum atomic E-state index is 11.9. The largest absolute Gasteiger partial charge is 0.477 e. The van der Waals surface area contributed by atoms with Crippen molar-refractivity contribution in [1.29, 1.82) is 0 Å². The quantitative estimate of drug-likeness (QED) is 0.908.